The number of amides is 1. The SMILES string of the molecule is Cc1c(C2CC2NC(=O)c2cccc(N)c2)cnn1C. The first-order valence-electron chi connectivity index (χ1n) is 6.71. The molecule has 0 radical (unpaired) electrons. The van der Waals surface area contributed by atoms with Gasteiger partial charge >= 0.3 is 0 Å². The third kappa shape index (κ3) is 2.27. The first kappa shape index (κ1) is 12.7. The predicted molar refractivity (Wildman–Crippen MR) is 77.4 cm³/mol. The Morgan fingerprint density at radius 1 is 1.50 bits per heavy atom. The quantitative estimate of drug-likeness (QED) is 0.832. The van der Waals surface area contributed by atoms with Gasteiger partial charge < -0.3 is 11.1 Å². The maximum Gasteiger partial charge on any atom is 0.251 e. The molecular weight excluding hydrogens is 252 g/mol. The summed E-state index contributed by atoms with van der Waals surface area (Å²) in [5.41, 5.74) is 9.30. The normalized spacial score (nSPS) is 20.7. The number of anilines is 1. The van der Waals surface area contributed by atoms with Gasteiger partial charge in [0.15, 0.2) is 0 Å². The van der Waals surface area contributed by atoms with Gasteiger partial charge in [0.25, 0.3) is 5.91 Å². The average Bonchev–Trinajstić information content (AvgIpc) is 3.09. The molecule has 1 saturated carbocycles. The molecule has 0 bridgehead atoms. The Labute approximate surface area is 117 Å². The third-order valence-electron chi connectivity index (χ3n) is 3.93. The minimum absolute atomic E-state index is 0.0636. The molecule has 0 spiro atoms. The molecule has 1 heterocycles. The van der Waals surface area contributed by atoms with Crippen LogP contribution in [0, 0.1) is 6.92 Å². The van der Waals surface area contributed by atoms with Gasteiger partial charge in [-0.25, -0.2) is 0 Å². The zero-order valence-corrected chi connectivity index (χ0v) is 11.6. The number of benzene rings is 1. The monoisotopic (exact) mass is 270 g/mol. The van der Waals surface area contributed by atoms with E-state index in [-0.39, 0.29) is 11.9 Å². The molecule has 1 amide bonds. The minimum atomic E-state index is -0.0636. The highest BCUT2D eigenvalue weighted by Gasteiger charge is 2.41. The Morgan fingerprint density at radius 2 is 2.30 bits per heavy atom. The molecule has 0 aliphatic heterocycles. The van der Waals surface area contributed by atoms with E-state index < -0.39 is 0 Å². The minimum Gasteiger partial charge on any atom is -0.399 e. The van der Waals surface area contributed by atoms with E-state index in [4.69, 9.17) is 5.73 Å². The zero-order chi connectivity index (χ0) is 14.3. The number of aryl methyl sites for hydroxylation is 1. The summed E-state index contributed by atoms with van der Waals surface area (Å²) in [6.07, 6.45) is 2.87. The largest absolute Gasteiger partial charge is 0.399 e. The van der Waals surface area contributed by atoms with Crippen LogP contribution in [0.4, 0.5) is 5.69 Å². The highest BCUT2D eigenvalue weighted by molar-refractivity contribution is 5.95. The van der Waals surface area contributed by atoms with Gasteiger partial charge in [0, 0.05) is 36.0 Å². The van der Waals surface area contributed by atoms with Gasteiger partial charge in [0.1, 0.15) is 0 Å². The second-order valence-corrected chi connectivity index (χ2v) is 5.36. The molecule has 104 valence electrons. The Bertz CT molecular complexity index is 662. The lowest BCUT2D eigenvalue weighted by molar-refractivity contribution is 0.0950. The molecule has 1 aliphatic carbocycles. The lowest BCUT2D eigenvalue weighted by Gasteiger charge is -2.05. The van der Waals surface area contributed by atoms with Crippen LogP contribution in [0.15, 0.2) is 30.5 Å². The number of rotatable bonds is 3. The van der Waals surface area contributed by atoms with Crippen molar-refractivity contribution < 1.29 is 4.79 Å². The summed E-state index contributed by atoms with van der Waals surface area (Å²) in [5.74, 6) is 0.319. The first-order valence-corrected chi connectivity index (χ1v) is 6.71. The van der Waals surface area contributed by atoms with E-state index >= 15 is 0 Å². The van der Waals surface area contributed by atoms with Crippen LogP contribution in [-0.2, 0) is 7.05 Å². The molecule has 3 rings (SSSR count). The van der Waals surface area contributed by atoms with Gasteiger partial charge in [-0.1, -0.05) is 6.07 Å². The summed E-state index contributed by atoms with van der Waals surface area (Å²) in [5, 5.41) is 7.30. The van der Waals surface area contributed by atoms with Gasteiger partial charge in [-0.15, -0.1) is 0 Å². The second kappa shape index (κ2) is 4.67. The Balaban J connectivity index is 1.66. The van der Waals surface area contributed by atoms with Crippen molar-refractivity contribution in [1.29, 1.82) is 0 Å². The van der Waals surface area contributed by atoms with Crippen molar-refractivity contribution in [2.24, 2.45) is 7.05 Å². The lowest BCUT2D eigenvalue weighted by atomic mass is 10.1. The molecule has 1 aliphatic rings. The highest BCUT2D eigenvalue weighted by Crippen LogP contribution is 2.42. The van der Waals surface area contributed by atoms with Crippen molar-refractivity contribution in [1.82, 2.24) is 15.1 Å². The van der Waals surface area contributed by atoms with Crippen LogP contribution in [0.5, 0.6) is 0 Å². The van der Waals surface area contributed by atoms with Crippen molar-refractivity contribution in [3.05, 3.63) is 47.3 Å². The molecular formula is C15H18N4O. The van der Waals surface area contributed by atoms with Crippen LogP contribution in [0.3, 0.4) is 0 Å². The first-order chi connectivity index (χ1) is 9.56. The van der Waals surface area contributed by atoms with Crippen molar-refractivity contribution in [3.8, 4) is 0 Å². The summed E-state index contributed by atoms with van der Waals surface area (Å²) in [6.45, 7) is 2.05. The topological polar surface area (TPSA) is 72.9 Å². The molecule has 0 saturated heterocycles. The Hall–Kier alpha value is -2.30. The van der Waals surface area contributed by atoms with Crippen molar-refractivity contribution in [2.75, 3.05) is 5.73 Å². The van der Waals surface area contributed by atoms with E-state index in [2.05, 4.69) is 17.3 Å². The molecule has 1 aromatic heterocycles. The van der Waals surface area contributed by atoms with Crippen LogP contribution in [0.1, 0.15) is 34.0 Å². The van der Waals surface area contributed by atoms with Gasteiger partial charge in [-0.05, 0) is 37.1 Å². The number of nitrogen functional groups attached to an aromatic ring is 1. The third-order valence-corrected chi connectivity index (χ3v) is 3.93. The zero-order valence-electron chi connectivity index (χ0n) is 11.6. The van der Waals surface area contributed by atoms with Crippen molar-refractivity contribution in [2.45, 2.75) is 25.3 Å². The Morgan fingerprint density at radius 3 is 2.95 bits per heavy atom. The van der Waals surface area contributed by atoms with E-state index in [1.54, 1.807) is 24.3 Å². The summed E-state index contributed by atoms with van der Waals surface area (Å²) in [7, 11) is 1.93. The molecule has 3 N–H and O–H groups in total. The molecule has 2 atom stereocenters. The fourth-order valence-corrected chi connectivity index (χ4v) is 2.51. The van der Waals surface area contributed by atoms with Crippen LogP contribution in [0.2, 0.25) is 0 Å². The van der Waals surface area contributed by atoms with Gasteiger partial charge in [0.2, 0.25) is 0 Å². The number of hydrogen-bond donors (Lipinski definition) is 2. The molecule has 2 aromatic rings. The number of nitrogens with one attached hydrogen (secondary N) is 1. The number of nitrogens with zero attached hydrogens (tertiary/aromatic N) is 2. The fourth-order valence-electron chi connectivity index (χ4n) is 2.51. The number of aromatic nitrogens is 2. The fraction of sp³-hybridized carbons (Fsp3) is 0.333. The maximum atomic E-state index is 12.1. The van der Waals surface area contributed by atoms with E-state index in [0.29, 0.717) is 17.2 Å². The summed E-state index contributed by atoms with van der Waals surface area (Å²) < 4.78 is 1.87. The molecule has 1 aromatic carbocycles. The average molecular weight is 270 g/mol. The Kier molecular flexibility index (Phi) is 2.97. The molecule has 1 fully saturated rings. The van der Waals surface area contributed by atoms with Crippen molar-refractivity contribution >= 4 is 11.6 Å². The summed E-state index contributed by atoms with van der Waals surface area (Å²) in [6, 6.07) is 7.24. The maximum absolute atomic E-state index is 12.1. The van der Waals surface area contributed by atoms with Crippen molar-refractivity contribution in [3.63, 3.8) is 0 Å². The standard InChI is InChI=1S/C15H18N4O/c1-9-13(8-17-19(9)2)12-7-14(12)18-15(20)10-4-3-5-11(16)6-10/h3-6,8,12,14H,7,16H2,1-2H3,(H,18,20). The summed E-state index contributed by atoms with van der Waals surface area (Å²) in [4.78, 5) is 12.1. The van der Waals surface area contributed by atoms with Crippen LogP contribution >= 0.6 is 0 Å². The van der Waals surface area contributed by atoms with Gasteiger partial charge in [-0.3, -0.25) is 9.48 Å². The lowest BCUT2D eigenvalue weighted by Crippen LogP contribution is -2.26. The second-order valence-electron chi connectivity index (χ2n) is 5.36. The number of hydrogen-bond acceptors (Lipinski definition) is 3. The highest BCUT2D eigenvalue weighted by atomic mass is 16.1. The predicted octanol–water partition coefficient (Wildman–Crippen LogP) is 1.60. The smallest absolute Gasteiger partial charge is 0.251 e. The molecule has 5 heteroatoms. The van der Waals surface area contributed by atoms with Crippen LogP contribution < -0.4 is 11.1 Å². The molecule has 20 heavy (non-hydrogen) atoms. The van der Waals surface area contributed by atoms with E-state index in [0.717, 1.165) is 12.1 Å². The molecule has 2 unspecified atom stereocenters. The number of nitrogens with two attached hydrogens (primary N) is 1. The van der Waals surface area contributed by atoms with E-state index in [9.17, 15) is 4.79 Å². The molecule has 5 nitrogen and oxygen atoms in total. The van der Waals surface area contributed by atoms with Crippen LogP contribution in [0.25, 0.3) is 0 Å². The van der Waals surface area contributed by atoms with E-state index in [1.165, 1.54) is 5.56 Å². The number of carbonyl (C=O) groups excluding carboxylic acids is 1. The van der Waals surface area contributed by atoms with Gasteiger partial charge in [-0.2, -0.15) is 5.10 Å². The van der Waals surface area contributed by atoms with Gasteiger partial charge in [0.05, 0.1) is 6.20 Å². The van der Waals surface area contributed by atoms with Crippen LogP contribution in [-0.4, -0.2) is 21.7 Å². The summed E-state index contributed by atoms with van der Waals surface area (Å²) >= 11 is 0. The number of carbonyl (C=O) groups is 1. The van der Waals surface area contributed by atoms with E-state index in [1.807, 2.05) is 17.9 Å².